The number of aryl methyl sites for hydroxylation is 1. The van der Waals surface area contributed by atoms with Gasteiger partial charge in [-0.3, -0.25) is 4.79 Å². The predicted octanol–water partition coefficient (Wildman–Crippen LogP) is 5.15. The van der Waals surface area contributed by atoms with Gasteiger partial charge in [0.25, 0.3) is 0 Å². The molecule has 0 radical (unpaired) electrons. The first-order valence-corrected chi connectivity index (χ1v) is 10.1. The average molecular weight is 375 g/mol. The molecule has 1 aliphatic carbocycles. The van der Waals surface area contributed by atoms with Crippen molar-refractivity contribution in [3.63, 3.8) is 0 Å². The molecule has 1 aromatic carbocycles. The number of hydrogen-bond donors (Lipinski definition) is 1. The van der Waals surface area contributed by atoms with Crippen molar-refractivity contribution < 1.29 is 9.18 Å². The molecular formula is C19H19FN2OS2. The van der Waals surface area contributed by atoms with Crippen molar-refractivity contribution in [3.05, 3.63) is 46.1 Å². The van der Waals surface area contributed by atoms with Crippen LogP contribution in [0.2, 0.25) is 0 Å². The molecule has 0 spiro atoms. The van der Waals surface area contributed by atoms with Crippen LogP contribution in [0.4, 0.5) is 9.39 Å². The van der Waals surface area contributed by atoms with E-state index in [4.69, 9.17) is 0 Å². The summed E-state index contributed by atoms with van der Waals surface area (Å²) in [4.78, 5) is 14.6. The van der Waals surface area contributed by atoms with Gasteiger partial charge in [-0.1, -0.05) is 6.42 Å². The van der Waals surface area contributed by atoms with Crippen LogP contribution in [0.25, 0.3) is 0 Å². The molecule has 1 heterocycles. The van der Waals surface area contributed by atoms with Crippen LogP contribution in [0.15, 0.2) is 29.2 Å². The number of amides is 1. The smallest absolute Gasteiger partial charge is 0.238 e. The number of halogens is 1. The Kier molecular flexibility index (Phi) is 5.77. The Morgan fingerprint density at radius 1 is 1.28 bits per heavy atom. The molecule has 130 valence electrons. The molecule has 1 atom stereocenters. The second kappa shape index (κ2) is 8.03. The van der Waals surface area contributed by atoms with E-state index < -0.39 is 0 Å². The molecule has 0 saturated heterocycles. The van der Waals surface area contributed by atoms with E-state index in [1.807, 2.05) is 6.92 Å². The minimum Gasteiger partial charge on any atom is -0.316 e. The molecule has 1 N–H and O–H groups in total. The van der Waals surface area contributed by atoms with E-state index in [1.54, 1.807) is 23.5 Å². The minimum atomic E-state index is -0.334. The van der Waals surface area contributed by atoms with E-state index in [2.05, 4.69) is 11.4 Å². The number of nitrogens with zero attached hydrogens (tertiary/aromatic N) is 1. The molecule has 0 saturated carbocycles. The van der Waals surface area contributed by atoms with Crippen LogP contribution in [0.3, 0.4) is 0 Å². The molecule has 0 aliphatic heterocycles. The highest BCUT2D eigenvalue weighted by Gasteiger charge is 2.23. The second-order valence-electron chi connectivity index (χ2n) is 6.08. The summed E-state index contributed by atoms with van der Waals surface area (Å²) in [5.41, 5.74) is 1.76. The normalized spacial score (nSPS) is 14.9. The minimum absolute atomic E-state index is 0.137. The molecule has 3 nitrogen and oxygen atoms in total. The quantitative estimate of drug-likeness (QED) is 0.595. The molecule has 1 aromatic heterocycles. The lowest BCUT2D eigenvalue weighted by Gasteiger charge is -2.11. The summed E-state index contributed by atoms with van der Waals surface area (Å²) >= 11 is 2.91. The van der Waals surface area contributed by atoms with Gasteiger partial charge in [-0.15, -0.1) is 23.1 Å². The fraction of sp³-hybridized carbons (Fsp3) is 0.368. The van der Waals surface area contributed by atoms with Crippen LogP contribution in [0, 0.1) is 17.1 Å². The summed E-state index contributed by atoms with van der Waals surface area (Å²) in [6.07, 6.45) is 5.35. The highest BCUT2D eigenvalue weighted by molar-refractivity contribution is 8.00. The van der Waals surface area contributed by atoms with Gasteiger partial charge < -0.3 is 5.32 Å². The molecule has 3 rings (SSSR count). The molecule has 1 amide bonds. The SMILES string of the molecule is C[C@@H](Sc1ccc(F)cc1)C(=O)Nc1sc2c(c1C#N)CCCCC2. The van der Waals surface area contributed by atoms with Crippen molar-refractivity contribution in [3.8, 4) is 6.07 Å². The second-order valence-corrected chi connectivity index (χ2v) is 8.60. The lowest BCUT2D eigenvalue weighted by Crippen LogP contribution is -2.22. The molecule has 25 heavy (non-hydrogen) atoms. The van der Waals surface area contributed by atoms with Crippen LogP contribution < -0.4 is 5.32 Å². The average Bonchev–Trinajstić information content (AvgIpc) is 2.76. The summed E-state index contributed by atoms with van der Waals surface area (Å²) in [7, 11) is 0. The van der Waals surface area contributed by atoms with Gasteiger partial charge >= 0.3 is 0 Å². The number of fused-ring (bicyclic) bond motifs is 1. The van der Waals surface area contributed by atoms with Crippen molar-refractivity contribution >= 4 is 34.0 Å². The number of rotatable bonds is 4. The molecule has 1 aliphatic rings. The lowest BCUT2D eigenvalue weighted by molar-refractivity contribution is -0.115. The van der Waals surface area contributed by atoms with Gasteiger partial charge in [0, 0.05) is 9.77 Å². The van der Waals surface area contributed by atoms with Crippen molar-refractivity contribution in [1.82, 2.24) is 0 Å². The van der Waals surface area contributed by atoms with E-state index in [-0.39, 0.29) is 17.0 Å². The summed E-state index contributed by atoms with van der Waals surface area (Å²) in [5, 5.41) is 12.8. The molecule has 6 heteroatoms. The Hall–Kier alpha value is -1.84. The maximum absolute atomic E-state index is 13.0. The predicted molar refractivity (Wildman–Crippen MR) is 101 cm³/mol. The van der Waals surface area contributed by atoms with Crippen LogP contribution in [0.1, 0.15) is 42.2 Å². The maximum Gasteiger partial charge on any atom is 0.238 e. The number of carbonyl (C=O) groups excluding carboxylic acids is 1. The third kappa shape index (κ3) is 4.23. The first kappa shape index (κ1) is 18.0. The van der Waals surface area contributed by atoms with E-state index in [0.717, 1.165) is 36.1 Å². The van der Waals surface area contributed by atoms with Crippen molar-refractivity contribution in [1.29, 1.82) is 5.26 Å². The summed E-state index contributed by atoms with van der Waals surface area (Å²) in [6, 6.07) is 8.38. The van der Waals surface area contributed by atoms with Crippen LogP contribution in [-0.4, -0.2) is 11.2 Å². The van der Waals surface area contributed by atoms with Gasteiger partial charge in [-0.05, 0) is 62.4 Å². The number of anilines is 1. The summed E-state index contributed by atoms with van der Waals surface area (Å²) < 4.78 is 13.0. The highest BCUT2D eigenvalue weighted by Crippen LogP contribution is 2.37. The largest absolute Gasteiger partial charge is 0.316 e. The number of hydrogen-bond acceptors (Lipinski definition) is 4. The maximum atomic E-state index is 13.0. The van der Waals surface area contributed by atoms with Crippen molar-refractivity contribution in [2.45, 2.75) is 49.2 Å². The van der Waals surface area contributed by atoms with Gasteiger partial charge in [-0.2, -0.15) is 5.26 Å². The zero-order valence-corrected chi connectivity index (χ0v) is 15.6. The number of benzene rings is 1. The Labute approximate surface area is 155 Å². The van der Waals surface area contributed by atoms with Gasteiger partial charge in [0.1, 0.15) is 16.9 Å². The van der Waals surface area contributed by atoms with E-state index in [0.29, 0.717) is 10.6 Å². The third-order valence-electron chi connectivity index (χ3n) is 4.27. The monoisotopic (exact) mass is 374 g/mol. The van der Waals surface area contributed by atoms with E-state index in [9.17, 15) is 14.4 Å². The molecule has 2 aromatic rings. The first-order chi connectivity index (χ1) is 12.1. The topological polar surface area (TPSA) is 52.9 Å². The number of carbonyl (C=O) groups is 1. The van der Waals surface area contributed by atoms with E-state index in [1.165, 1.54) is 35.2 Å². The van der Waals surface area contributed by atoms with E-state index >= 15 is 0 Å². The number of nitriles is 1. The molecular weight excluding hydrogens is 355 g/mol. The number of thiophene rings is 1. The Morgan fingerprint density at radius 3 is 2.72 bits per heavy atom. The van der Waals surface area contributed by atoms with Gasteiger partial charge in [0.15, 0.2) is 0 Å². The summed E-state index contributed by atoms with van der Waals surface area (Å²) in [6.45, 7) is 1.81. The fourth-order valence-corrected chi connectivity index (χ4v) is 5.04. The number of thioether (sulfide) groups is 1. The highest BCUT2D eigenvalue weighted by atomic mass is 32.2. The number of nitrogens with one attached hydrogen (secondary N) is 1. The van der Waals surface area contributed by atoms with Crippen molar-refractivity contribution in [2.24, 2.45) is 0 Å². The van der Waals surface area contributed by atoms with Gasteiger partial charge in [0.05, 0.1) is 10.8 Å². The standard InChI is InChI=1S/C19H19FN2OS2/c1-12(24-14-9-7-13(20)8-10-14)18(23)22-19-16(11-21)15-5-3-2-4-6-17(15)25-19/h7-10,12H,2-6H2,1H3,(H,22,23)/t12-/m1/s1. The fourth-order valence-electron chi connectivity index (χ4n) is 2.93. The molecule has 0 bridgehead atoms. The molecule has 0 fully saturated rings. The Balaban J connectivity index is 1.72. The van der Waals surface area contributed by atoms with Gasteiger partial charge in [-0.25, -0.2) is 4.39 Å². The Morgan fingerprint density at radius 2 is 2.00 bits per heavy atom. The Bertz CT molecular complexity index is 808. The first-order valence-electron chi connectivity index (χ1n) is 8.36. The van der Waals surface area contributed by atoms with Crippen LogP contribution in [-0.2, 0) is 17.6 Å². The lowest BCUT2D eigenvalue weighted by atomic mass is 10.1. The van der Waals surface area contributed by atoms with Crippen LogP contribution >= 0.6 is 23.1 Å². The van der Waals surface area contributed by atoms with Gasteiger partial charge in [0.2, 0.25) is 5.91 Å². The zero-order valence-electron chi connectivity index (χ0n) is 14.0. The third-order valence-corrected chi connectivity index (χ3v) is 6.58. The summed E-state index contributed by atoms with van der Waals surface area (Å²) in [5.74, 6) is -0.428. The molecule has 0 unspecified atom stereocenters. The van der Waals surface area contributed by atoms with Crippen LogP contribution in [0.5, 0.6) is 0 Å². The van der Waals surface area contributed by atoms with Crippen molar-refractivity contribution in [2.75, 3.05) is 5.32 Å². The zero-order chi connectivity index (χ0) is 17.8.